The summed E-state index contributed by atoms with van der Waals surface area (Å²) in [6.45, 7) is 4.32. The molecule has 1 aliphatic heterocycles. The number of para-hydroxylation sites is 1. The van der Waals surface area contributed by atoms with E-state index in [0.717, 1.165) is 42.6 Å². The fourth-order valence-corrected chi connectivity index (χ4v) is 4.30. The summed E-state index contributed by atoms with van der Waals surface area (Å²) in [6, 6.07) is 9.88. The average Bonchev–Trinajstić information content (AvgIpc) is 2.83. The Kier molecular flexibility index (Phi) is 4.76. The standard InChI is InChI=1S/C22H27N3O2/c1-22(27,17-6-10-23-11-7-17)15-25-20-9-13-24(2)12-8-18(20)19-5-3-4-16(14-26)21(19)25/h3-7,10-11,26-27H,8-9,12-15H2,1-2H3. The molecule has 5 heteroatoms. The van der Waals surface area contributed by atoms with Crippen LogP contribution in [0.25, 0.3) is 10.9 Å². The smallest absolute Gasteiger partial charge is 0.105 e. The molecule has 3 aromatic rings. The number of aliphatic hydroxyl groups is 2. The maximum absolute atomic E-state index is 11.3. The molecule has 2 N–H and O–H groups in total. The van der Waals surface area contributed by atoms with Crippen molar-refractivity contribution in [2.45, 2.75) is 38.5 Å². The topological polar surface area (TPSA) is 61.5 Å². The zero-order valence-electron chi connectivity index (χ0n) is 16.0. The quantitative estimate of drug-likeness (QED) is 0.746. The molecule has 1 aliphatic rings. The molecule has 0 saturated heterocycles. The highest BCUT2D eigenvalue weighted by Crippen LogP contribution is 2.34. The molecule has 0 spiro atoms. The zero-order valence-corrected chi connectivity index (χ0v) is 16.0. The molecule has 2 aromatic heterocycles. The van der Waals surface area contributed by atoms with E-state index >= 15 is 0 Å². The first-order valence-electron chi connectivity index (χ1n) is 9.55. The average molecular weight is 365 g/mol. The van der Waals surface area contributed by atoms with Crippen molar-refractivity contribution in [3.63, 3.8) is 0 Å². The van der Waals surface area contributed by atoms with Gasteiger partial charge < -0.3 is 19.7 Å². The lowest BCUT2D eigenvalue weighted by Crippen LogP contribution is -2.29. The SMILES string of the molecule is CN1CCc2c(n(CC(C)(O)c3ccncc3)c3c(CO)cccc23)CC1. The Bertz CT molecular complexity index is 947. The van der Waals surface area contributed by atoms with Crippen LogP contribution < -0.4 is 0 Å². The number of fused-ring (bicyclic) bond motifs is 3. The molecule has 0 fully saturated rings. The second kappa shape index (κ2) is 7.08. The normalized spacial score (nSPS) is 17.5. The Balaban J connectivity index is 1.89. The van der Waals surface area contributed by atoms with Crippen LogP contribution in [0.1, 0.15) is 29.3 Å². The third kappa shape index (κ3) is 3.27. The Labute approximate surface area is 159 Å². The van der Waals surface area contributed by atoms with Gasteiger partial charge in [0.1, 0.15) is 5.60 Å². The van der Waals surface area contributed by atoms with Crippen LogP contribution in [0.3, 0.4) is 0 Å². The van der Waals surface area contributed by atoms with E-state index in [1.54, 1.807) is 12.4 Å². The fourth-order valence-electron chi connectivity index (χ4n) is 4.30. The molecule has 1 aromatic carbocycles. The van der Waals surface area contributed by atoms with Gasteiger partial charge in [-0.05, 0) is 43.7 Å². The molecule has 142 valence electrons. The number of hydrogen-bond donors (Lipinski definition) is 2. The van der Waals surface area contributed by atoms with Crippen molar-refractivity contribution >= 4 is 10.9 Å². The van der Waals surface area contributed by atoms with E-state index in [1.165, 1.54) is 16.6 Å². The molecule has 1 atom stereocenters. The number of nitrogens with zero attached hydrogens (tertiary/aromatic N) is 3. The molecule has 3 heterocycles. The minimum absolute atomic E-state index is 0.00244. The van der Waals surface area contributed by atoms with Crippen molar-refractivity contribution in [1.29, 1.82) is 0 Å². The first-order chi connectivity index (χ1) is 13.0. The van der Waals surface area contributed by atoms with Crippen molar-refractivity contribution in [3.8, 4) is 0 Å². The largest absolute Gasteiger partial charge is 0.392 e. The predicted octanol–water partition coefficient (Wildman–Crippen LogP) is 2.47. The Morgan fingerprint density at radius 2 is 1.85 bits per heavy atom. The van der Waals surface area contributed by atoms with Crippen LogP contribution >= 0.6 is 0 Å². The summed E-state index contributed by atoms with van der Waals surface area (Å²) in [6.07, 6.45) is 5.36. The van der Waals surface area contributed by atoms with Crippen LogP contribution in [0.2, 0.25) is 0 Å². The van der Waals surface area contributed by atoms with E-state index in [2.05, 4.69) is 27.6 Å². The van der Waals surface area contributed by atoms with Gasteiger partial charge >= 0.3 is 0 Å². The lowest BCUT2D eigenvalue weighted by molar-refractivity contribution is 0.0386. The van der Waals surface area contributed by atoms with Crippen LogP contribution in [-0.4, -0.2) is 44.8 Å². The van der Waals surface area contributed by atoms with Crippen LogP contribution in [0.15, 0.2) is 42.7 Å². The third-order valence-electron chi connectivity index (χ3n) is 5.80. The minimum Gasteiger partial charge on any atom is -0.392 e. The summed E-state index contributed by atoms with van der Waals surface area (Å²) in [5.41, 5.74) is 4.44. The van der Waals surface area contributed by atoms with Gasteiger partial charge in [-0.1, -0.05) is 18.2 Å². The molecule has 0 saturated carbocycles. The van der Waals surface area contributed by atoms with Gasteiger partial charge in [0.05, 0.1) is 18.7 Å². The highest BCUT2D eigenvalue weighted by molar-refractivity contribution is 5.88. The van der Waals surface area contributed by atoms with Crippen LogP contribution in [0.5, 0.6) is 0 Å². The maximum atomic E-state index is 11.3. The first-order valence-corrected chi connectivity index (χ1v) is 9.55. The second-order valence-corrected chi connectivity index (χ2v) is 7.80. The highest BCUT2D eigenvalue weighted by atomic mass is 16.3. The molecular formula is C22H27N3O2. The number of hydrogen-bond acceptors (Lipinski definition) is 4. The maximum Gasteiger partial charge on any atom is 0.105 e. The summed E-state index contributed by atoms with van der Waals surface area (Å²) >= 11 is 0. The van der Waals surface area contributed by atoms with Gasteiger partial charge in [-0.3, -0.25) is 4.98 Å². The van der Waals surface area contributed by atoms with Crippen molar-refractivity contribution in [3.05, 3.63) is 65.1 Å². The van der Waals surface area contributed by atoms with Gasteiger partial charge in [-0.25, -0.2) is 0 Å². The molecule has 0 aliphatic carbocycles. The lowest BCUT2D eigenvalue weighted by Gasteiger charge is -2.27. The van der Waals surface area contributed by atoms with Crippen molar-refractivity contribution in [1.82, 2.24) is 14.5 Å². The summed E-state index contributed by atoms with van der Waals surface area (Å²) in [5, 5.41) is 22.4. The van der Waals surface area contributed by atoms with Gasteiger partial charge in [-0.2, -0.15) is 0 Å². The van der Waals surface area contributed by atoms with E-state index in [1.807, 2.05) is 31.2 Å². The Morgan fingerprint density at radius 1 is 1.11 bits per heavy atom. The third-order valence-corrected chi connectivity index (χ3v) is 5.80. The number of aliphatic hydroxyl groups excluding tert-OH is 1. The monoisotopic (exact) mass is 365 g/mol. The number of rotatable bonds is 4. The van der Waals surface area contributed by atoms with Crippen molar-refractivity contribution in [2.75, 3.05) is 20.1 Å². The van der Waals surface area contributed by atoms with E-state index in [4.69, 9.17) is 0 Å². The highest BCUT2D eigenvalue weighted by Gasteiger charge is 2.29. The summed E-state index contributed by atoms with van der Waals surface area (Å²) in [4.78, 5) is 6.42. The fraction of sp³-hybridized carbons (Fsp3) is 0.409. The molecule has 1 unspecified atom stereocenters. The van der Waals surface area contributed by atoms with E-state index in [-0.39, 0.29) is 6.61 Å². The van der Waals surface area contributed by atoms with Gasteiger partial charge in [0.25, 0.3) is 0 Å². The molecule has 4 rings (SSSR count). The first kappa shape index (κ1) is 18.2. The van der Waals surface area contributed by atoms with Gasteiger partial charge in [0, 0.05) is 48.5 Å². The summed E-state index contributed by atoms with van der Waals surface area (Å²) < 4.78 is 2.25. The molecule has 5 nitrogen and oxygen atoms in total. The molecule has 27 heavy (non-hydrogen) atoms. The van der Waals surface area contributed by atoms with Crippen molar-refractivity contribution in [2.24, 2.45) is 0 Å². The number of benzene rings is 1. The lowest BCUT2D eigenvalue weighted by atomic mass is 9.96. The van der Waals surface area contributed by atoms with E-state index in [9.17, 15) is 10.2 Å². The molecular weight excluding hydrogens is 338 g/mol. The summed E-state index contributed by atoms with van der Waals surface area (Å²) in [5.74, 6) is 0. The summed E-state index contributed by atoms with van der Waals surface area (Å²) in [7, 11) is 2.16. The predicted molar refractivity (Wildman–Crippen MR) is 107 cm³/mol. The van der Waals surface area contributed by atoms with E-state index < -0.39 is 5.60 Å². The van der Waals surface area contributed by atoms with Gasteiger partial charge in [-0.15, -0.1) is 0 Å². The second-order valence-electron chi connectivity index (χ2n) is 7.80. The van der Waals surface area contributed by atoms with Crippen LogP contribution in [0.4, 0.5) is 0 Å². The Morgan fingerprint density at radius 3 is 2.59 bits per heavy atom. The number of pyridine rings is 1. The molecule has 0 radical (unpaired) electrons. The Hall–Kier alpha value is -2.21. The van der Waals surface area contributed by atoms with Crippen molar-refractivity contribution < 1.29 is 10.2 Å². The molecule has 0 amide bonds. The van der Waals surface area contributed by atoms with E-state index in [0.29, 0.717) is 6.54 Å². The zero-order chi connectivity index (χ0) is 19.0. The van der Waals surface area contributed by atoms with Gasteiger partial charge in [0.2, 0.25) is 0 Å². The number of aromatic nitrogens is 2. The van der Waals surface area contributed by atoms with Crippen LogP contribution in [-0.2, 0) is 31.6 Å². The molecule has 0 bridgehead atoms. The minimum atomic E-state index is -1.02. The number of likely N-dealkylation sites (N-methyl/N-ethyl adjacent to an activating group) is 1. The van der Waals surface area contributed by atoms with Gasteiger partial charge in [0.15, 0.2) is 0 Å². The van der Waals surface area contributed by atoms with Crippen LogP contribution in [0, 0.1) is 0 Å².